The number of benzene rings is 2. The molecular weight excluding hydrogens is 379 g/mol. The van der Waals surface area contributed by atoms with Gasteiger partial charge in [0.2, 0.25) is 0 Å². The molecule has 0 unspecified atom stereocenters. The highest BCUT2D eigenvalue weighted by molar-refractivity contribution is 6.31. The van der Waals surface area contributed by atoms with Crippen LogP contribution in [0.1, 0.15) is 5.56 Å². The summed E-state index contributed by atoms with van der Waals surface area (Å²) < 4.78 is 7.77. The number of halogens is 2. The van der Waals surface area contributed by atoms with Crippen LogP contribution in [0.5, 0.6) is 5.75 Å². The van der Waals surface area contributed by atoms with Crippen LogP contribution in [0.4, 0.5) is 0 Å². The third kappa shape index (κ3) is 2.94. The van der Waals surface area contributed by atoms with Crippen molar-refractivity contribution < 1.29 is 4.74 Å². The summed E-state index contributed by atoms with van der Waals surface area (Å²) in [7, 11) is 1.62. The number of aromatic nitrogens is 1. The van der Waals surface area contributed by atoms with Crippen molar-refractivity contribution in [3.8, 4) is 34.2 Å². The Morgan fingerprint density at radius 2 is 1.48 bits per heavy atom. The van der Waals surface area contributed by atoms with Crippen LogP contribution in [0, 0.1) is 11.3 Å². The van der Waals surface area contributed by atoms with E-state index in [1.807, 2.05) is 65.2 Å². The van der Waals surface area contributed by atoms with Gasteiger partial charge in [-0.1, -0.05) is 47.5 Å². The van der Waals surface area contributed by atoms with Crippen LogP contribution in [0.15, 0.2) is 66.9 Å². The zero-order valence-corrected chi connectivity index (χ0v) is 15.9. The average Bonchev–Trinajstić information content (AvgIpc) is 3.03. The molecule has 0 aliphatic carbocycles. The van der Waals surface area contributed by atoms with E-state index in [0.29, 0.717) is 21.4 Å². The fourth-order valence-corrected chi connectivity index (χ4v) is 3.59. The second kappa shape index (κ2) is 7.00. The Balaban J connectivity index is 2.16. The summed E-state index contributed by atoms with van der Waals surface area (Å²) in [4.78, 5) is 0. The summed E-state index contributed by atoms with van der Waals surface area (Å²) >= 11 is 12.2. The molecule has 4 aromatic rings. The molecule has 0 saturated carbocycles. The summed E-state index contributed by atoms with van der Waals surface area (Å²) in [6, 6.07) is 21.1. The Labute approximate surface area is 167 Å². The van der Waals surface area contributed by atoms with Crippen LogP contribution < -0.4 is 4.74 Å². The van der Waals surface area contributed by atoms with Gasteiger partial charge in [-0.2, -0.15) is 5.26 Å². The summed E-state index contributed by atoms with van der Waals surface area (Å²) in [6.07, 6.45) is 1.93. The highest BCUT2D eigenvalue weighted by Gasteiger charge is 2.23. The standard InChI is InChI=1S/C22H14Cl2N2O/c1-27-22-19(14-4-8-17(23)9-5-14)20(15-6-10-18(24)11-7-15)26-12-2-3-16(13-25)21(22)26/h2-12H,1H3. The molecule has 4 rings (SSSR count). The lowest BCUT2D eigenvalue weighted by molar-refractivity contribution is 0.421. The molecule has 0 spiro atoms. The van der Waals surface area contributed by atoms with Gasteiger partial charge in [0.05, 0.1) is 23.9 Å². The lowest BCUT2D eigenvalue weighted by atomic mass is 10.0. The lowest BCUT2D eigenvalue weighted by Crippen LogP contribution is -1.91. The minimum atomic E-state index is 0.546. The number of nitriles is 1. The van der Waals surface area contributed by atoms with Gasteiger partial charge in [-0.05, 0) is 47.5 Å². The normalized spacial score (nSPS) is 10.7. The second-order valence-corrected chi connectivity index (χ2v) is 6.90. The van der Waals surface area contributed by atoms with Crippen molar-refractivity contribution in [3.05, 3.63) is 82.5 Å². The molecule has 2 aromatic heterocycles. The maximum absolute atomic E-state index is 9.62. The van der Waals surface area contributed by atoms with Gasteiger partial charge >= 0.3 is 0 Å². The maximum atomic E-state index is 9.62. The van der Waals surface area contributed by atoms with E-state index in [1.165, 1.54) is 0 Å². The maximum Gasteiger partial charge on any atom is 0.154 e. The molecule has 132 valence electrons. The van der Waals surface area contributed by atoms with Crippen molar-refractivity contribution in [2.24, 2.45) is 0 Å². The summed E-state index contributed by atoms with van der Waals surface area (Å²) in [5, 5.41) is 10.9. The minimum Gasteiger partial charge on any atom is -0.494 e. The fraction of sp³-hybridized carbons (Fsp3) is 0.0455. The summed E-state index contributed by atoms with van der Waals surface area (Å²) in [5.41, 5.74) is 5.03. The molecular formula is C22H14Cl2N2O. The van der Waals surface area contributed by atoms with Gasteiger partial charge in [-0.3, -0.25) is 0 Å². The van der Waals surface area contributed by atoms with Crippen molar-refractivity contribution in [2.45, 2.75) is 0 Å². The van der Waals surface area contributed by atoms with Crippen LogP contribution in [-0.2, 0) is 0 Å². The number of hydrogen-bond donors (Lipinski definition) is 0. The topological polar surface area (TPSA) is 37.4 Å². The number of pyridine rings is 1. The van der Waals surface area contributed by atoms with E-state index in [1.54, 1.807) is 13.2 Å². The van der Waals surface area contributed by atoms with E-state index < -0.39 is 0 Å². The number of ether oxygens (including phenoxy) is 1. The van der Waals surface area contributed by atoms with Crippen molar-refractivity contribution in [1.82, 2.24) is 4.40 Å². The van der Waals surface area contributed by atoms with E-state index in [9.17, 15) is 5.26 Å². The second-order valence-electron chi connectivity index (χ2n) is 6.02. The molecule has 0 amide bonds. The molecule has 0 atom stereocenters. The molecule has 2 heterocycles. The Morgan fingerprint density at radius 3 is 2.04 bits per heavy atom. The third-order valence-corrected chi connectivity index (χ3v) is 4.99. The molecule has 27 heavy (non-hydrogen) atoms. The Bertz CT molecular complexity index is 1170. The molecule has 3 nitrogen and oxygen atoms in total. The minimum absolute atomic E-state index is 0.546. The van der Waals surface area contributed by atoms with Crippen LogP contribution in [0.25, 0.3) is 27.9 Å². The van der Waals surface area contributed by atoms with Gasteiger partial charge < -0.3 is 9.14 Å². The van der Waals surface area contributed by atoms with Crippen LogP contribution >= 0.6 is 23.2 Å². The summed E-state index contributed by atoms with van der Waals surface area (Å²) in [5.74, 6) is 0.652. The first-order valence-corrected chi connectivity index (χ1v) is 9.02. The van der Waals surface area contributed by atoms with E-state index in [4.69, 9.17) is 27.9 Å². The zero-order chi connectivity index (χ0) is 19.0. The smallest absolute Gasteiger partial charge is 0.154 e. The molecule has 2 aromatic carbocycles. The van der Waals surface area contributed by atoms with Gasteiger partial charge in [0, 0.05) is 16.2 Å². The van der Waals surface area contributed by atoms with Gasteiger partial charge in [-0.25, -0.2) is 0 Å². The SMILES string of the molecule is COc1c(-c2ccc(Cl)cc2)c(-c2ccc(Cl)cc2)n2cccc(C#N)c12. The number of methoxy groups -OCH3 is 1. The Kier molecular flexibility index (Phi) is 4.53. The van der Waals surface area contributed by atoms with E-state index in [-0.39, 0.29) is 0 Å². The number of hydrogen-bond acceptors (Lipinski definition) is 2. The first-order chi connectivity index (χ1) is 13.1. The molecule has 0 aliphatic rings. The van der Waals surface area contributed by atoms with E-state index >= 15 is 0 Å². The number of rotatable bonds is 3. The predicted molar refractivity (Wildman–Crippen MR) is 110 cm³/mol. The number of nitrogens with zero attached hydrogens (tertiary/aromatic N) is 2. The predicted octanol–water partition coefficient (Wildman–Crippen LogP) is 6.46. The molecule has 0 N–H and O–H groups in total. The largest absolute Gasteiger partial charge is 0.494 e. The van der Waals surface area contributed by atoms with E-state index in [2.05, 4.69) is 6.07 Å². The molecule has 0 radical (unpaired) electrons. The third-order valence-electron chi connectivity index (χ3n) is 4.49. The van der Waals surface area contributed by atoms with Gasteiger partial charge in [0.15, 0.2) is 5.75 Å². The van der Waals surface area contributed by atoms with Crippen LogP contribution in [0.3, 0.4) is 0 Å². The lowest BCUT2D eigenvalue weighted by Gasteiger charge is -2.09. The fourth-order valence-electron chi connectivity index (χ4n) is 3.34. The first kappa shape index (κ1) is 17.5. The van der Waals surface area contributed by atoms with Crippen LogP contribution in [0.2, 0.25) is 10.0 Å². The Morgan fingerprint density at radius 1 is 0.889 bits per heavy atom. The van der Waals surface area contributed by atoms with Crippen molar-refractivity contribution in [3.63, 3.8) is 0 Å². The average molecular weight is 393 g/mol. The van der Waals surface area contributed by atoms with Crippen molar-refractivity contribution in [2.75, 3.05) is 7.11 Å². The van der Waals surface area contributed by atoms with E-state index in [0.717, 1.165) is 27.9 Å². The zero-order valence-electron chi connectivity index (χ0n) is 14.4. The Hall–Kier alpha value is -2.93. The quantitative estimate of drug-likeness (QED) is 0.401. The molecule has 0 fully saturated rings. The number of fused-ring (bicyclic) bond motifs is 1. The van der Waals surface area contributed by atoms with Crippen LogP contribution in [-0.4, -0.2) is 11.5 Å². The first-order valence-electron chi connectivity index (χ1n) is 8.27. The van der Waals surface area contributed by atoms with Gasteiger partial charge in [0.1, 0.15) is 11.6 Å². The molecule has 5 heteroatoms. The van der Waals surface area contributed by atoms with Crippen molar-refractivity contribution in [1.29, 1.82) is 5.26 Å². The van der Waals surface area contributed by atoms with Crippen molar-refractivity contribution >= 4 is 28.7 Å². The summed E-state index contributed by atoms with van der Waals surface area (Å²) in [6.45, 7) is 0. The molecule has 0 aliphatic heterocycles. The highest BCUT2D eigenvalue weighted by Crippen LogP contribution is 2.45. The molecule has 0 saturated heterocycles. The monoisotopic (exact) mass is 392 g/mol. The molecule has 0 bridgehead atoms. The highest BCUT2D eigenvalue weighted by atomic mass is 35.5. The van der Waals surface area contributed by atoms with Gasteiger partial charge in [0.25, 0.3) is 0 Å². The van der Waals surface area contributed by atoms with Gasteiger partial charge in [-0.15, -0.1) is 0 Å².